The number of carbonyl (C=O) groups excluding carboxylic acids is 1. The molecule has 0 saturated heterocycles. The highest BCUT2D eigenvalue weighted by Gasteiger charge is 2.33. The van der Waals surface area contributed by atoms with E-state index in [9.17, 15) is 9.90 Å². The number of aliphatic hydroxyl groups is 1. The van der Waals surface area contributed by atoms with Crippen molar-refractivity contribution in [3.05, 3.63) is 95.2 Å². The number of carbonyl (C=O) groups is 1. The van der Waals surface area contributed by atoms with Crippen LogP contribution in [0.15, 0.2) is 90.3 Å². The number of Topliss-reactive ketones (excluding diaryl/α,β-unsaturated/α-hetero) is 1. The van der Waals surface area contributed by atoms with Crippen LogP contribution in [0.3, 0.4) is 0 Å². The molecule has 6 heteroatoms. The zero-order valence-corrected chi connectivity index (χ0v) is 18.7. The number of hydrogen-bond acceptors (Lipinski definition) is 6. The lowest BCUT2D eigenvalue weighted by Crippen LogP contribution is -2.42. The summed E-state index contributed by atoms with van der Waals surface area (Å²) in [5.74, 6) is -1.11. The number of thiophene rings is 2. The number of ether oxygens (including phenoxy) is 2. The lowest BCUT2D eigenvalue weighted by molar-refractivity contribution is -0.275. The minimum Gasteiger partial charge on any atom is -0.430 e. The molecule has 0 aliphatic carbocycles. The molecule has 1 N–H and O–H groups in total. The minimum atomic E-state index is -1.97. The van der Waals surface area contributed by atoms with Crippen LogP contribution in [0.1, 0.15) is 22.5 Å². The first-order valence-electron chi connectivity index (χ1n) is 10.2. The van der Waals surface area contributed by atoms with Crippen LogP contribution < -0.4 is 9.47 Å². The van der Waals surface area contributed by atoms with Gasteiger partial charge in [0.1, 0.15) is 11.5 Å². The SMILES string of the molecule is O=C(CCC(O)(Oc1ccccc1)Oc1ccccc1)c1cc2cc3ccsc3cc2s1. The van der Waals surface area contributed by atoms with E-state index in [0.717, 1.165) is 10.1 Å². The van der Waals surface area contributed by atoms with Gasteiger partial charge in [0, 0.05) is 15.8 Å². The van der Waals surface area contributed by atoms with Gasteiger partial charge in [0.05, 0.1) is 11.3 Å². The standard InChI is InChI=1S/C26H20O4S2/c27-22(25-16-19-15-18-12-14-31-23(18)17-24(19)32-25)11-13-26(28,29-20-7-3-1-4-8-20)30-21-9-5-2-6-10-21/h1-10,12,14-17,28H,11,13H2. The van der Waals surface area contributed by atoms with Gasteiger partial charge in [-0.1, -0.05) is 36.4 Å². The molecule has 5 rings (SSSR count). The summed E-state index contributed by atoms with van der Waals surface area (Å²) in [7, 11) is 0. The van der Waals surface area contributed by atoms with Gasteiger partial charge in [0.25, 0.3) is 0 Å². The second kappa shape index (κ2) is 8.74. The van der Waals surface area contributed by atoms with Crippen molar-refractivity contribution >= 4 is 48.6 Å². The number of hydrogen-bond donors (Lipinski definition) is 1. The van der Waals surface area contributed by atoms with E-state index in [0.29, 0.717) is 16.4 Å². The fourth-order valence-corrected chi connectivity index (χ4v) is 5.44. The van der Waals surface area contributed by atoms with Gasteiger partial charge < -0.3 is 14.6 Å². The Morgan fingerprint density at radius 3 is 2.12 bits per heavy atom. The van der Waals surface area contributed by atoms with Crippen molar-refractivity contribution in [3.8, 4) is 11.5 Å². The molecular formula is C26H20O4S2. The van der Waals surface area contributed by atoms with Crippen molar-refractivity contribution in [3.63, 3.8) is 0 Å². The summed E-state index contributed by atoms with van der Waals surface area (Å²) in [5, 5.41) is 15.5. The summed E-state index contributed by atoms with van der Waals surface area (Å²) >= 11 is 3.17. The van der Waals surface area contributed by atoms with Gasteiger partial charge in [0.15, 0.2) is 5.78 Å². The molecule has 32 heavy (non-hydrogen) atoms. The Bertz CT molecular complexity index is 1270. The van der Waals surface area contributed by atoms with Crippen molar-refractivity contribution in [2.75, 3.05) is 0 Å². The highest BCUT2D eigenvalue weighted by Crippen LogP contribution is 2.33. The maximum atomic E-state index is 13.0. The van der Waals surface area contributed by atoms with E-state index in [2.05, 4.69) is 23.6 Å². The van der Waals surface area contributed by atoms with Gasteiger partial charge in [0.2, 0.25) is 0 Å². The van der Waals surface area contributed by atoms with Crippen LogP contribution in [0.25, 0.3) is 20.2 Å². The van der Waals surface area contributed by atoms with Gasteiger partial charge in [-0.05, 0) is 64.7 Å². The monoisotopic (exact) mass is 460 g/mol. The van der Waals surface area contributed by atoms with Crippen LogP contribution in [-0.4, -0.2) is 16.9 Å². The Balaban J connectivity index is 1.35. The molecule has 0 unspecified atom stereocenters. The van der Waals surface area contributed by atoms with Crippen LogP contribution in [0.4, 0.5) is 0 Å². The Kier molecular flexibility index (Phi) is 5.66. The van der Waals surface area contributed by atoms with Crippen LogP contribution in [0.2, 0.25) is 0 Å². The van der Waals surface area contributed by atoms with Crippen LogP contribution in [0.5, 0.6) is 11.5 Å². The summed E-state index contributed by atoms with van der Waals surface area (Å²) in [5.41, 5.74) is 0. The molecule has 5 aromatic rings. The third-order valence-electron chi connectivity index (χ3n) is 5.08. The molecule has 0 aliphatic heterocycles. The molecule has 0 spiro atoms. The zero-order valence-electron chi connectivity index (χ0n) is 17.1. The highest BCUT2D eigenvalue weighted by molar-refractivity contribution is 7.21. The first kappa shape index (κ1) is 20.7. The Labute approximate surface area is 193 Å². The lowest BCUT2D eigenvalue weighted by atomic mass is 10.1. The smallest absolute Gasteiger partial charge is 0.369 e. The van der Waals surface area contributed by atoms with E-state index in [1.54, 1.807) is 35.6 Å². The summed E-state index contributed by atoms with van der Waals surface area (Å²) in [6, 6.07) is 26.2. The van der Waals surface area contributed by atoms with E-state index in [1.807, 2.05) is 42.5 Å². The number of benzene rings is 3. The molecule has 0 aliphatic rings. The van der Waals surface area contributed by atoms with Crippen molar-refractivity contribution < 1.29 is 19.4 Å². The van der Waals surface area contributed by atoms with E-state index in [1.165, 1.54) is 21.4 Å². The maximum absolute atomic E-state index is 13.0. The van der Waals surface area contributed by atoms with E-state index >= 15 is 0 Å². The van der Waals surface area contributed by atoms with Crippen LogP contribution >= 0.6 is 22.7 Å². The zero-order chi connectivity index (χ0) is 22.0. The average Bonchev–Trinajstić information content (AvgIpc) is 3.43. The molecule has 0 radical (unpaired) electrons. The Hall–Kier alpha value is -3.19. The molecule has 0 fully saturated rings. The Morgan fingerprint density at radius 2 is 1.47 bits per heavy atom. The predicted octanol–water partition coefficient (Wildman–Crippen LogP) is 6.88. The molecule has 2 heterocycles. The van der Waals surface area contributed by atoms with E-state index in [-0.39, 0.29) is 18.6 Å². The van der Waals surface area contributed by atoms with E-state index < -0.39 is 5.97 Å². The molecular weight excluding hydrogens is 440 g/mol. The van der Waals surface area contributed by atoms with Gasteiger partial charge in [-0.2, -0.15) is 0 Å². The summed E-state index contributed by atoms with van der Waals surface area (Å²) in [6.45, 7) is 0. The number of rotatable bonds is 8. The first-order valence-corrected chi connectivity index (χ1v) is 11.9. The number of fused-ring (bicyclic) bond motifs is 2. The molecule has 0 saturated carbocycles. The molecule has 0 amide bonds. The highest BCUT2D eigenvalue weighted by atomic mass is 32.1. The van der Waals surface area contributed by atoms with Gasteiger partial charge in [-0.25, -0.2) is 0 Å². The van der Waals surface area contributed by atoms with Gasteiger partial charge in [-0.15, -0.1) is 22.7 Å². The molecule has 0 bridgehead atoms. The largest absolute Gasteiger partial charge is 0.430 e. The first-order chi connectivity index (χ1) is 15.6. The van der Waals surface area contributed by atoms with Crippen LogP contribution in [0, 0.1) is 0 Å². The topological polar surface area (TPSA) is 55.8 Å². The summed E-state index contributed by atoms with van der Waals surface area (Å²) in [6.07, 6.45) is 0.0658. The second-order valence-corrected chi connectivity index (χ2v) is 9.46. The maximum Gasteiger partial charge on any atom is 0.369 e. The molecule has 0 atom stereocenters. The van der Waals surface area contributed by atoms with Crippen molar-refractivity contribution in [2.45, 2.75) is 18.8 Å². The molecule has 160 valence electrons. The predicted molar refractivity (Wildman–Crippen MR) is 130 cm³/mol. The quantitative estimate of drug-likeness (QED) is 0.202. The minimum absolute atomic E-state index is 0.0149. The Morgan fingerprint density at radius 1 is 0.812 bits per heavy atom. The average molecular weight is 461 g/mol. The van der Waals surface area contributed by atoms with Crippen molar-refractivity contribution in [1.82, 2.24) is 0 Å². The summed E-state index contributed by atoms with van der Waals surface area (Å²) < 4.78 is 13.8. The van der Waals surface area contributed by atoms with Gasteiger partial charge >= 0.3 is 5.97 Å². The van der Waals surface area contributed by atoms with Crippen molar-refractivity contribution in [2.24, 2.45) is 0 Å². The normalized spacial score (nSPS) is 11.7. The second-order valence-electron chi connectivity index (χ2n) is 7.43. The van der Waals surface area contributed by atoms with Crippen molar-refractivity contribution in [1.29, 1.82) is 0 Å². The molecule has 3 aromatic carbocycles. The lowest BCUT2D eigenvalue weighted by Gasteiger charge is -2.29. The fourth-order valence-electron chi connectivity index (χ4n) is 3.50. The fraction of sp³-hybridized carbons (Fsp3) is 0.115. The van der Waals surface area contributed by atoms with Gasteiger partial charge in [-0.3, -0.25) is 4.79 Å². The van der Waals surface area contributed by atoms with Crippen LogP contribution in [-0.2, 0) is 0 Å². The van der Waals surface area contributed by atoms with E-state index in [4.69, 9.17) is 9.47 Å². The summed E-state index contributed by atoms with van der Waals surface area (Å²) in [4.78, 5) is 13.7. The third kappa shape index (κ3) is 4.53. The number of ketones is 1. The molecule has 2 aromatic heterocycles. The molecule has 4 nitrogen and oxygen atoms in total. The number of para-hydroxylation sites is 2. The third-order valence-corrected chi connectivity index (χ3v) is 7.09.